The standard InChI is InChI=1S/C16H21N5O2S/c1-18-14(22)9-11-4-6-12(7-5-11)21-16(23)19-8-2-3-13-10-24-15(17)20-13/h4-7,10H,2-3,8-9H2,1H3,(H2,17,20)(H,18,22)(H2,19,21,23). The zero-order valence-electron chi connectivity index (χ0n) is 13.5. The predicted octanol–water partition coefficient (Wildman–Crippen LogP) is 1.77. The molecular weight excluding hydrogens is 326 g/mol. The van der Waals surface area contributed by atoms with E-state index in [0.717, 1.165) is 24.1 Å². The first-order valence-corrected chi connectivity index (χ1v) is 8.49. The number of aromatic nitrogens is 1. The van der Waals surface area contributed by atoms with E-state index in [9.17, 15) is 9.59 Å². The molecule has 0 fully saturated rings. The highest BCUT2D eigenvalue weighted by Gasteiger charge is 2.04. The molecule has 2 aromatic rings. The van der Waals surface area contributed by atoms with Gasteiger partial charge in [0.05, 0.1) is 12.1 Å². The van der Waals surface area contributed by atoms with Crippen LogP contribution in [0.3, 0.4) is 0 Å². The Labute approximate surface area is 144 Å². The normalized spacial score (nSPS) is 10.2. The minimum atomic E-state index is -0.258. The highest BCUT2D eigenvalue weighted by molar-refractivity contribution is 7.13. The van der Waals surface area contributed by atoms with E-state index in [1.165, 1.54) is 11.3 Å². The Morgan fingerprint density at radius 2 is 2.00 bits per heavy atom. The first-order chi connectivity index (χ1) is 11.6. The van der Waals surface area contributed by atoms with Crippen LogP contribution >= 0.6 is 11.3 Å². The van der Waals surface area contributed by atoms with Gasteiger partial charge in [-0.05, 0) is 30.5 Å². The maximum absolute atomic E-state index is 11.8. The summed E-state index contributed by atoms with van der Waals surface area (Å²) in [4.78, 5) is 27.3. The minimum absolute atomic E-state index is 0.0460. The van der Waals surface area contributed by atoms with Crippen molar-refractivity contribution in [2.75, 3.05) is 24.6 Å². The molecule has 5 N–H and O–H groups in total. The molecular formula is C16H21N5O2S. The Kier molecular flexibility index (Phi) is 6.56. The second-order valence-electron chi connectivity index (χ2n) is 5.21. The summed E-state index contributed by atoms with van der Waals surface area (Å²) in [5.41, 5.74) is 8.09. The molecule has 1 aromatic carbocycles. The number of thiazole rings is 1. The molecule has 0 atom stereocenters. The number of rotatable bonds is 7. The van der Waals surface area contributed by atoms with Gasteiger partial charge in [-0.3, -0.25) is 4.79 Å². The van der Waals surface area contributed by atoms with Crippen LogP contribution in [0.1, 0.15) is 17.7 Å². The zero-order valence-corrected chi connectivity index (χ0v) is 14.3. The van der Waals surface area contributed by atoms with Crippen LogP contribution in [0.4, 0.5) is 15.6 Å². The van der Waals surface area contributed by atoms with E-state index in [1.807, 2.05) is 17.5 Å². The van der Waals surface area contributed by atoms with Crippen LogP contribution in [0, 0.1) is 0 Å². The first kappa shape index (κ1) is 17.7. The van der Waals surface area contributed by atoms with Crippen molar-refractivity contribution < 1.29 is 9.59 Å². The van der Waals surface area contributed by atoms with E-state index in [0.29, 0.717) is 23.8 Å². The average molecular weight is 347 g/mol. The van der Waals surface area contributed by atoms with Gasteiger partial charge < -0.3 is 21.7 Å². The number of carbonyl (C=O) groups is 2. The van der Waals surface area contributed by atoms with E-state index < -0.39 is 0 Å². The molecule has 0 aliphatic rings. The van der Waals surface area contributed by atoms with Gasteiger partial charge in [-0.2, -0.15) is 0 Å². The number of amides is 3. The van der Waals surface area contributed by atoms with Crippen LogP contribution in [0.5, 0.6) is 0 Å². The third-order valence-corrected chi connectivity index (χ3v) is 4.04. The Bertz CT molecular complexity index is 684. The highest BCUT2D eigenvalue weighted by atomic mass is 32.1. The van der Waals surface area contributed by atoms with Crippen LogP contribution in [-0.4, -0.2) is 30.5 Å². The van der Waals surface area contributed by atoms with Gasteiger partial charge in [0, 0.05) is 24.7 Å². The molecule has 1 aromatic heterocycles. The molecule has 3 amide bonds. The fraction of sp³-hybridized carbons (Fsp3) is 0.312. The van der Waals surface area contributed by atoms with Gasteiger partial charge in [-0.15, -0.1) is 11.3 Å². The number of benzene rings is 1. The van der Waals surface area contributed by atoms with Crippen molar-refractivity contribution in [3.63, 3.8) is 0 Å². The summed E-state index contributed by atoms with van der Waals surface area (Å²) < 4.78 is 0. The molecule has 0 unspecified atom stereocenters. The van der Waals surface area contributed by atoms with Gasteiger partial charge >= 0.3 is 6.03 Å². The van der Waals surface area contributed by atoms with E-state index in [4.69, 9.17) is 5.73 Å². The third kappa shape index (κ3) is 5.88. The molecule has 7 nitrogen and oxygen atoms in total. The Balaban J connectivity index is 1.69. The van der Waals surface area contributed by atoms with Crippen LogP contribution in [-0.2, 0) is 17.6 Å². The van der Waals surface area contributed by atoms with Crippen LogP contribution in [0.15, 0.2) is 29.6 Å². The number of carbonyl (C=O) groups excluding carboxylic acids is 2. The highest BCUT2D eigenvalue weighted by Crippen LogP contribution is 2.12. The number of urea groups is 1. The summed E-state index contributed by atoms with van der Waals surface area (Å²) in [6, 6.07) is 6.92. The molecule has 8 heteroatoms. The summed E-state index contributed by atoms with van der Waals surface area (Å²) in [5.74, 6) is -0.0460. The van der Waals surface area contributed by atoms with Crippen molar-refractivity contribution >= 4 is 34.1 Å². The van der Waals surface area contributed by atoms with Crippen molar-refractivity contribution in [3.05, 3.63) is 40.9 Å². The minimum Gasteiger partial charge on any atom is -0.375 e. The van der Waals surface area contributed by atoms with Crippen LogP contribution in [0.2, 0.25) is 0 Å². The van der Waals surface area contributed by atoms with E-state index in [-0.39, 0.29) is 11.9 Å². The monoisotopic (exact) mass is 347 g/mol. The van der Waals surface area contributed by atoms with Crippen molar-refractivity contribution in [3.8, 4) is 0 Å². The lowest BCUT2D eigenvalue weighted by Crippen LogP contribution is -2.29. The van der Waals surface area contributed by atoms with E-state index in [1.54, 1.807) is 19.2 Å². The molecule has 0 bridgehead atoms. The molecule has 0 spiro atoms. The smallest absolute Gasteiger partial charge is 0.319 e. The lowest BCUT2D eigenvalue weighted by atomic mass is 10.1. The lowest BCUT2D eigenvalue weighted by Gasteiger charge is -2.08. The summed E-state index contributed by atoms with van der Waals surface area (Å²) in [7, 11) is 1.60. The molecule has 0 saturated carbocycles. The number of aryl methyl sites for hydroxylation is 1. The first-order valence-electron chi connectivity index (χ1n) is 7.61. The van der Waals surface area contributed by atoms with E-state index in [2.05, 4.69) is 20.9 Å². The zero-order chi connectivity index (χ0) is 17.4. The largest absolute Gasteiger partial charge is 0.375 e. The fourth-order valence-electron chi connectivity index (χ4n) is 2.06. The van der Waals surface area contributed by atoms with Gasteiger partial charge in [0.25, 0.3) is 0 Å². The lowest BCUT2D eigenvalue weighted by molar-refractivity contribution is -0.119. The summed E-state index contributed by atoms with van der Waals surface area (Å²) in [6.45, 7) is 0.554. The van der Waals surface area contributed by atoms with Gasteiger partial charge in [-0.1, -0.05) is 12.1 Å². The molecule has 0 aliphatic heterocycles. The summed E-state index contributed by atoms with van der Waals surface area (Å²) in [5, 5.41) is 10.6. The second-order valence-corrected chi connectivity index (χ2v) is 6.10. The maximum Gasteiger partial charge on any atom is 0.319 e. The van der Waals surface area contributed by atoms with Crippen molar-refractivity contribution in [1.29, 1.82) is 0 Å². The molecule has 0 aliphatic carbocycles. The molecule has 1 heterocycles. The predicted molar refractivity (Wildman–Crippen MR) is 96.1 cm³/mol. The van der Waals surface area contributed by atoms with Gasteiger partial charge in [-0.25, -0.2) is 9.78 Å². The average Bonchev–Trinajstić information content (AvgIpc) is 2.98. The number of likely N-dealkylation sites (N-methyl/N-ethyl adjacent to an activating group) is 1. The SMILES string of the molecule is CNC(=O)Cc1ccc(NC(=O)NCCCc2csc(N)n2)cc1. The number of hydrogen-bond donors (Lipinski definition) is 4. The van der Waals surface area contributed by atoms with Gasteiger partial charge in [0.1, 0.15) is 0 Å². The molecule has 24 heavy (non-hydrogen) atoms. The molecule has 2 rings (SSSR count). The van der Waals surface area contributed by atoms with Gasteiger partial charge in [0.15, 0.2) is 5.13 Å². The number of nitrogens with one attached hydrogen (secondary N) is 3. The number of nitrogens with zero attached hydrogens (tertiary/aromatic N) is 1. The number of anilines is 2. The van der Waals surface area contributed by atoms with Crippen LogP contribution in [0.25, 0.3) is 0 Å². The number of hydrogen-bond acceptors (Lipinski definition) is 5. The second kappa shape index (κ2) is 8.88. The molecule has 128 valence electrons. The molecule has 0 saturated heterocycles. The Hall–Kier alpha value is -2.61. The van der Waals surface area contributed by atoms with Crippen molar-refractivity contribution in [2.24, 2.45) is 0 Å². The molecule has 0 radical (unpaired) electrons. The quantitative estimate of drug-likeness (QED) is 0.572. The van der Waals surface area contributed by atoms with Crippen LogP contribution < -0.4 is 21.7 Å². The number of nitrogen functional groups attached to an aromatic ring is 1. The number of nitrogens with two attached hydrogens (primary N) is 1. The topological polar surface area (TPSA) is 109 Å². The summed E-state index contributed by atoms with van der Waals surface area (Å²) in [6.07, 6.45) is 1.90. The third-order valence-electron chi connectivity index (χ3n) is 3.32. The fourth-order valence-corrected chi connectivity index (χ4v) is 2.66. The van der Waals surface area contributed by atoms with Crippen molar-refractivity contribution in [1.82, 2.24) is 15.6 Å². The van der Waals surface area contributed by atoms with Crippen molar-refractivity contribution in [2.45, 2.75) is 19.3 Å². The van der Waals surface area contributed by atoms with E-state index >= 15 is 0 Å². The Morgan fingerprint density at radius 1 is 1.25 bits per heavy atom. The Morgan fingerprint density at radius 3 is 2.62 bits per heavy atom. The van der Waals surface area contributed by atoms with Gasteiger partial charge in [0.2, 0.25) is 5.91 Å². The maximum atomic E-state index is 11.8. The summed E-state index contributed by atoms with van der Waals surface area (Å²) >= 11 is 1.42.